The molecule has 1 unspecified atom stereocenters. The summed E-state index contributed by atoms with van der Waals surface area (Å²) in [5.74, 6) is 0. The topological polar surface area (TPSA) is 24.9 Å². The lowest BCUT2D eigenvalue weighted by atomic mass is 10.1. The third kappa shape index (κ3) is 2.97. The van der Waals surface area contributed by atoms with Gasteiger partial charge < -0.3 is 5.32 Å². The highest BCUT2D eigenvalue weighted by Gasteiger charge is 2.07. The minimum absolute atomic E-state index is 0.0228. The van der Waals surface area contributed by atoms with E-state index in [1.807, 2.05) is 42.6 Å². The maximum absolute atomic E-state index is 6.28. The maximum Gasteiger partial charge on any atom is 0.182 e. The van der Waals surface area contributed by atoms with Gasteiger partial charge in [-0.1, -0.05) is 30.3 Å². The summed E-state index contributed by atoms with van der Waals surface area (Å²) in [4.78, 5) is 4.33. The molecule has 0 aliphatic heterocycles. The van der Waals surface area contributed by atoms with Crippen LogP contribution in [0.25, 0.3) is 0 Å². The predicted octanol–water partition coefficient (Wildman–Crippen LogP) is 3.84. The second kappa shape index (κ2) is 5.32. The van der Waals surface area contributed by atoms with Gasteiger partial charge in [-0.2, -0.15) is 0 Å². The second-order valence-corrected chi connectivity index (χ2v) is 4.94. The van der Waals surface area contributed by atoms with Crippen LogP contribution in [0.2, 0.25) is 0 Å². The van der Waals surface area contributed by atoms with Crippen LogP contribution in [0.1, 0.15) is 16.6 Å². The number of nitrogens with zero attached hydrogens (tertiary/aromatic N) is 1. The number of hydrogen-bond acceptors (Lipinski definition) is 3. The summed E-state index contributed by atoms with van der Waals surface area (Å²) in [7, 11) is 0. The van der Waals surface area contributed by atoms with Gasteiger partial charge in [0.2, 0.25) is 0 Å². The van der Waals surface area contributed by atoms with Crippen molar-refractivity contribution in [3.63, 3.8) is 0 Å². The van der Waals surface area contributed by atoms with Crippen molar-refractivity contribution in [3.05, 3.63) is 47.0 Å². The number of hydrogen-bond donors (Lipinski definition) is 1. The minimum Gasteiger partial charge on any atom is -0.360 e. The number of alkyl halides is 1. The van der Waals surface area contributed by atoms with Crippen LogP contribution in [0.5, 0.6) is 0 Å². The highest BCUT2D eigenvalue weighted by molar-refractivity contribution is 7.13. The van der Waals surface area contributed by atoms with E-state index in [4.69, 9.17) is 11.6 Å². The molecule has 0 fully saturated rings. The largest absolute Gasteiger partial charge is 0.360 e. The molecule has 0 radical (unpaired) electrons. The molecule has 0 saturated heterocycles. The number of thiazole rings is 1. The SMILES string of the molecule is Cc1csc(NCC(Cl)c2ccccc2)n1. The van der Waals surface area contributed by atoms with Gasteiger partial charge in [0.25, 0.3) is 0 Å². The van der Waals surface area contributed by atoms with Gasteiger partial charge in [-0.3, -0.25) is 0 Å². The molecular formula is C12H13ClN2S. The number of nitrogens with one attached hydrogen (secondary N) is 1. The van der Waals surface area contributed by atoms with E-state index in [1.165, 1.54) is 0 Å². The van der Waals surface area contributed by atoms with Crippen LogP contribution in [-0.4, -0.2) is 11.5 Å². The summed E-state index contributed by atoms with van der Waals surface area (Å²) in [5.41, 5.74) is 2.17. The Morgan fingerprint density at radius 1 is 1.38 bits per heavy atom. The molecule has 0 spiro atoms. The van der Waals surface area contributed by atoms with Crippen molar-refractivity contribution in [2.45, 2.75) is 12.3 Å². The summed E-state index contributed by atoms with van der Waals surface area (Å²) < 4.78 is 0. The number of aromatic nitrogens is 1. The Morgan fingerprint density at radius 3 is 2.75 bits per heavy atom. The van der Waals surface area contributed by atoms with Gasteiger partial charge in [-0.05, 0) is 12.5 Å². The van der Waals surface area contributed by atoms with E-state index in [0.717, 1.165) is 16.4 Å². The van der Waals surface area contributed by atoms with Crippen molar-refractivity contribution in [1.82, 2.24) is 4.98 Å². The molecule has 4 heteroatoms. The molecule has 1 atom stereocenters. The van der Waals surface area contributed by atoms with Crippen LogP contribution >= 0.6 is 22.9 Å². The molecule has 2 rings (SSSR count). The molecule has 16 heavy (non-hydrogen) atoms. The fraction of sp³-hybridized carbons (Fsp3) is 0.250. The Morgan fingerprint density at radius 2 is 2.12 bits per heavy atom. The molecule has 1 N–H and O–H groups in total. The van der Waals surface area contributed by atoms with Crippen molar-refractivity contribution in [2.24, 2.45) is 0 Å². The Kier molecular flexibility index (Phi) is 3.80. The van der Waals surface area contributed by atoms with Crippen molar-refractivity contribution in [3.8, 4) is 0 Å². The highest BCUT2D eigenvalue weighted by atomic mass is 35.5. The van der Waals surface area contributed by atoms with Gasteiger partial charge in [0, 0.05) is 11.9 Å². The first-order chi connectivity index (χ1) is 7.75. The first-order valence-corrected chi connectivity index (χ1v) is 6.42. The van der Waals surface area contributed by atoms with Gasteiger partial charge in [-0.25, -0.2) is 4.98 Å². The molecule has 1 aromatic heterocycles. The molecule has 0 aliphatic carbocycles. The van der Waals surface area contributed by atoms with Crippen molar-refractivity contribution in [1.29, 1.82) is 0 Å². The highest BCUT2D eigenvalue weighted by Crippen LogP contribution is 2.22. The molecule has 0 aliphatic rings. The molecular weight excluding hydrogens is 240 g/mol. The summed E-state index contributed by atoms with van der Waals surface area (Å²) in [6, 6.07) is 10.1. The zero-order chi connectivity index (χ0) is 11.4. The van der Waals surface area contributed by atoms with Crippen molar-refractivity contribution >= 4 is 28.1 Å². The Labute approximate surface area is 104 Å². The van der Waals surface area contributed by atoms with Crippen LogP contribution in [-0.2, 0) is 0 Å². The summed E-state index contributed by atoms with van der Waals surface area (Å²) in [6.07, 6.45) is 0. The van der Waals surface area contributed by atoms with E-state index in [0.29, 0.717) is 6.54 Å². The first kappa shape index (κ1) is 11.4. The zero-order valence-electron chi connectivity index (χ0n) is 8.98. The van der Waals surface area contributed by atoms with Crippen LogP contribution in [0.15, 0.2) is 35.7 Å². The fourth-order valence-electron chi connectivity index (χ4n) is 1.39. The molecule has 84 valence electrons. The van der Waals surface area contributed by atoms with E-state index in [1.54, 1.807) is 11.3 Å². The molecule has 1 heterocycles. The smallest absolute Gasteiger partial charge is 0.182 e. The van der Waals surface area contributed by atoms with Crippen molar-refractivity contribution in [2.75, 3.05) is 11.9 Å². The van der Waals surface area contributed by atoms with E-state index in [9.17, 15) is 0 Å². The lowest BCUT2D eigenvalue weighted by molar-refractivity contribution is 0.972. The van der Waals surface area contributed by atoms with Gasteiger partial charge in [0.15, 0.2) is 5.13 Å². The lowest BCUT2D eigenvalue weighted by Crippen LogP contribution is -2.07. The van der Waals surface area contributed by atoms with E-state index in [2.05, 4.69) is 10.3 Å². The van der Waals surface area contributed by atoms with Crippen LogP contribution in [0, 0.1) is 6.92 Å². The van der Waals surface area contributed by atoms with E-state index >= 15 is 0 Å². The average molecular weight is 253 g/mol. The molecule has 2 aromatic rings. The third-order valence-corrected chi connectivity index (χ3v) is 3.54. The van der Waals surface area contributed by atoms with E-state index in [-0.39, 0.29) is 5.38 Å². The zero-order valence-corrected chi connectivity index (χ0v) is 10.6. The summed E-state index contributed by atoms with van der Waals surface area (Å²) in [5, 5.41) is 6.17. The fourth-order valence-corrected chi connectivity index (χ4v) is 2.31. The van der Waals surface area contributed by atoms with Gasteiger partial charge >= 0.3 is 0 Å². The minimum atomic E-state index is -0.0228. The molecule has 0 amide bonds. The van der Waals surface area contributed by atoms with Crippen LogP contribution < -0.4 is 5.32 Å². The summed E-state index contributed by atoms with van der Waals surface area (Å²) >= 11 is 7.88. The standard InChI is InChI=1S/C12H13ClN2S/c1-9-8-16-12(15-9)14-7-11(13)10-5-3-2-4-6-10/h2-6,8,11H,7H2,1H3,(H,14,15). The second-order valence-electron chi connectivity index (χ2n) is 3.55. The molecule has 0 bridgehead atoms. The van der Waals surface area contributed by atoms with Crippen LogP contribution in [0.3, 0.4) is 0 Å². The van der Waals surface area contributed by atoms with E-state index < -0.39 is 0 Å². The average Bonchev–Trinajstić information content (AvgIpc) is 2.73. The van der Waals surface area contributed by atoms with Gasteiger partial charge in [0.05, 0.1) is 11.1 Å². The molecule has 2 nitrogen and oxygen atoms in total. The molecule has 0 saturated carbocycles. The maximum atomic E-state index is 6.28. The number of halogens is 1. The number of anilines is 1. The Hall–Kier alpha value is -1.06. The Bertz CT molecular complexity index is 441. The first-order valence-electron chi connectivity index (χ1n) is 5.11. The van der Waals surface area contributed by atoms with Crippen LogP contribution in [0.4, 0.5) is 5.13 Å². The lowest BCUT2D eigenvalue weighted by Gasteiger charge is -2.09. The number of rotatable bonds is 4. The number of aryl methyl sites for hydroxylation is 1. The van der Waals surface area contributed by atoms with Crippen molar-refractivity contribution < 1.29 is 0 Å². The summed E-state index contributed by atoms with van der Waals surface area (Å²) in [6.45, 7) is 2.68. The quantitative estimate of drug-likeness (QED) is 0.837. The van der Waals surface area contributed by atoms with Gasteiger partial charge in [-0.15, -0.1) is 22.9 Å². The van der Waals surface area contributed by atoms with Gasteiger partial charge in [0.1, 0.15) is 0 Å². The monoisotopic (exact) mass is 252 g/mol. The third-order valence-electron chi connectivity index (χ3n) is 2.21. The normalized spacial score (nSPS) is 12.4. The predicted molar refractivity (Wildman–Crippen MR) is 70.4 cm³/mol. The number of benzene rings is 1. The molecule has 1 aromatic carbocycles. The Balaban J connectivity index is 1.91.